The zero-order valence-corrected chi connectivity index (χ0v) is 17.7. The van der Waals surface area contributed by atoms with Gasteiger partial charge in [-0.15, -0.1) is 0 Å². The fourth-order valence-corrected chi connectivity index (χ4v) is 4.26. The first-order chi connectivity index (χ1) is 14.0. The van der Waals surface area contributed by atoms with Crippen molar-refractivity contribution in [1.29, 1.82) is 0 Å². The van der Waals surface area contributed by atoms with Crippen LogP contribution in [0.2, 0.25) is 0 Å². The molecule has 0 radical (unpaired) electrons. The number of esters is 1. The smallest absolute Gasteiger partial charge is 0.306 e. The van der Waals surface area contributed by atoms with Crippen molar-refractivity contribution in [3.8, 4) is 0 Å². The van der Waals surface area contributed by atoms with Gasteiger partial charge in [-0.3, -0.25) is 14.5 Å². The maximum absolute atomic E-state index is 12.7. The van der Waals surface area contributed by atoms with Crippen LogP contribution in [0.5, 0.6) is 0 Å². The number of amides is 1. The highest BCUT2D eigenvalue weighted by Crippen LogP contribution is 2.24. The summed E-state index contributed by atoms with van der Waals surface area (Å²) in [4.78, 5) is 26.2. The summed E-state index contributed by atoms with van der Waals surface area (Å²) in [6.45, 7) is 4.22. The second-order valence-corrected chi connectivity index (χ2v) is 8.22. The minimum Gasteiger partial charge on any atom is -0.469 e. The molecule has 1 amide bonds. The highest BCUT2D eigenvalue weighted by molar-refractivity contribution is 5.78. The SMILES string of the molecule is COC(=O)CCN(CC(=O)NC(C)c1ccc2c(c1)CCCC2)CC1CCCO1. The molecule has 160 valence electrons. The maximum atomic E-state index is 12.7. The number of carbonyl (C=O) groups excluding carboxylic acids is 2. The number of nitrogens with zero attached hydrogens (tertiary/aromatic N) is 1. The summed E-state index contributed by atoms with van der Waals surface area (Å²) in [5.74, 6) is -0.289. The van der Waals surface area contributed by atoms with Gasteiger partial charge in [0.2, 0.25) is 5.91 Å². The molecule has 29 heavy (non-hydrogen) atoms. The molecule has 1 heterocycles. The Balaban J connectivity index is 1.55. The molecule has 1 aromatic carbocycles. The van der Waals surface area contributed by atoms with Crippen LogP contribution in [-0.2, 0) is 31.9 Å². The molecule has 1 aliphatic carbocycles. The molecule has 1 fully saturated rings. The predicted octanol–water partition coefficient (Wildman–Crippen LogP) is 2.79. The first-order valence-corrected chi connectivity index (χ1v) is 10.9. The van der Waals surface area contributed by atoms with Crippen molar-refractivity contribution in [2.24, 2.45) is 0 Å². The quantitative estimate of drug-likeness (QED) is 0.644. The fourth-order valence-electron chi connectivity index (χ4n) is 4.26. The predicted molar refractivity (Wildman–Crippen MR) is 112 cm³/mol. The Labute approximate surface area is 173 Å². The summed E-state index contributed by atoms with van der Waals surface area (Å²) in [7, 11) is 1.39. The largest absolute Gasteiger partial charge is 0.469 e. The van der Waals surface area contributed by atoms with Gasteiger partial charge in [-0.1, -0.05) is 18.2 Å². The van der Waals surface area contributed by atoms with E-state index >= 15 is 0 Å². The Morgan fingerprint density at radius 1 is 1.24 bits per heavy atom. The van der Waals surface area contributed by atoms with Crippen LogP contribution in [0.3, 0.4) is 0 Å². The second-order valence-electron chi connectivity index (χ2n) is 8.22. The van der Waals surface area contributed by atoms with Crippen LogP contribution in [0.25, 0.3) is 0 Å². The summed E-state index contributed by atoms with van der Waals surface area (Å²) in [5.41, 5.74) is 4.02. The van der Waals surface area contributed by atoms with Crippen LogP contribution in [0.4, 0.5) is 0 Å². The lowest BCUT2D eigenvalue weighted by Gasteiger charge is -2.25. The lowest BCUT2D eigenvalue weighted by Crippen LogP contribution is -2.42. The van der Waals surface area contributed by atoms with E-state index < -0.39 is 0 Å². The number of methoxy groups -OCH3 is 1. The number of carbonyl (C=O) groups is 2. The van der Waals surface area contributed by atoms with E-state index in [0.29, 0.717) is 13.1 Å². The third-order valence-electron chi connectivity index (χ3n) is 5.96. The molecule has 0 bridgehead atoms. The average Bonchev–Trinajstić information content (AvgIpc) is 3.24. The molecular weight excluding hydrogens is 368 g/mol. The molecule has 6 nitrogen and oxygen atoms in total. The van der Waals surface area contributed by atoms with E-state index in [2.05, 4.69) is 23.5 Å². The number of nitrogens with one attached hydrogen (secondary N) is 1. The van der Waals surface area contributed by atoms with Crippen LogP contribution in [0.1, 0.15) is 61.8 Å². The number of hydrogen-bond acceptors (Lipinski definition) is 5. The van der Waals surface area contributed by atoms with Crippen molar-refractivity contribution < 1.29 is 19.1 Å². The summed E-state index contributed by atoms with van der Waals surface area (Å²) in [6.07, 6.45) is 7.27. The van der Waals surface area contributed by atoms with Crippen molar-refractivity contribution in [2.45, 2.75) is 64.0 Å². The highest BCUT2D eigenvalue weighted by atomic mass is 16.5. The van der Waals surface area contributed by atoms with Gasteiger partial charge in [0.05, 0.1) is 32.2 Å². The van der Waals surface area contributed by atoms with E-state index in [9.17, 15) is 9.59 Å². The van der Waals surface area contributed by atoms with E-state index in [1.807, 2.05) is 11.8 Å². The third-order valence-corrected chi connectivity index (χ3v) is 5.96. The van der Waals surface area contributed by atoms with E-state index in [0.717, 1.165) is 37.9 Å². The van der Waals surface area contributed by atoms with E-state index in [1.54, 1.807) is 0 Å². The highest BCUT2D eigenvalue weighted by Gasteiger charge is 2.22. The molecule has 1 N–H and O–H groups in total. The lowest BCUT2D eigenvalue weighted by molar-refractivity contribution is -0.141. The van der Waals surface area contributed by atoms with Crippen LogP contribution >= 0.6 is 0 Å². The molecule has 1 saturated heterocycles. The van der Waals surface area contributed by atoms with Crippen molar-refractivity contribution in [1.82, 2.24) is 10.2 Å². The minimum absolute atomic E-state index is 0.0296. The normalized spacial score (nSPS) is 19.6. The zero-order valence-electron chi connectivity index (χ0n) is 17.7. The third kappa shape index (κ3) is 6.54. The zero-order chi connectivity index (χ0) is 20.6. The first kappa shape index (κ1) is 21.8. The number of rotatable bonds is 9. The van der Waals surface area contributed by atoms with Crippen LogP contribution in [0, 0.1) is 0 Å². The monoisotopic (exact) mass is 402 g/mol. The number of fused-ring (bicyclic) bond motifs is 1. The van der Waals surface area contributed by atoms with Gasteiger partial charge in [0.25, 0.3) is 0 Å². The van der Waals surface area contributed by atoms with Gasteiger partial charge in [0.15, 0.2) is 0 Å². The van der Waals surface area contributed by atoms with Crippen molar-refractivity contribution >= 4 is 11.9 Å². The Bertz CT molecular complexity index is 700. The lowest BCUT2D eigenvalue weighted by atomic mass is 9.89. The summed E-state index contributed by atoms with van der Waals surface area (Å²) >= 11 is 0. The standard InChI is InChI=1S/C23H34N2O4/c1-17(19-10-9-18-6-3-4-7-20(18)14-19)24-22(26)16-25(12-11-23(27)28-2)15-21-8-5-13-29-21/h9-10,14,17,21H,3-8,11-13,15-16H2,1-2H3,(H,24,26). The van der Waals surface area contributed by atoms with E-state index in [-0.39, 0.29) is 37.0 Å². The molecule has 2 atom stereocenters. The van der Waals surface area contributed by atoms with E-state index in [4.69, 9.17) is 9.47 Å². The maximum Gasteiger partial charge on any atom is 0.306 e. The molecule has 3 rings (SSSR count). The molecule has 2 unspecified atom stereocenters. The van der Waals surface area contributed by atoms with E-state index in [1.165, 1.54) is 31.1 Å². The summed E-state index contributed by atoms with van der Waals surface area (Å²) < 4.78 is 10.5. The molecule has 1 aliphatic heterocycles. The molecular formula is C23H34N2O4. The van der Waals surface area contributed by atoms with Crippen LogP contribution in [0.15, 0.2) is 18.2 Å². The fraction of sp³-hybridized carbons (Fsp3) is 0.652. The Kier molecular flexibility index (Phi) is 8.07. The minimum atomic E-state index is -0.259. The van der Waals surface area contributed by atoms with Gasteiger partial charge >= 0.3 is 5.97 Å². The van der Waals surface area contributed by atoms with Gasteiger partial charge in [0, 0.05) is 19.7 Å². The summed E-state index contributed by atoms with van der Waals surface area (Å²) in [6, 6.07) is 6.56. The number of ether oxygens (including phenoxy) is 2. The molecule has 2 aliphatic rings. The van der Waals surface area contributed by atoms with Crippen LogP contribution < -0.4 is 5.32 Å². The molecule has 1 aromatic rings. The number of benzene rings is 1. The number of aryl methyl sites for hydroxylation is 2. The molecule has 0 spiro atoms. The molecule has 0 saturated carbocycles. The van der Waals surface area contributed by atoms with Crippen molar-refractivity contribution in [3.05, 3.63) is 34.9 Å². The van der Waals surface area contributed by atoms with Crippen LogP contribution in [-0.4, -0.2) is 56.2 Å². The summed E-state index contributed by atoms with van der Waals surface area (Å²) in [5, 5.41) is 3.12. The van der Waals surface area contributed by atoms with Gasteiger partial charge in [-0.2, -0.15) is 0 Å². The second kappa shape index (κ2) is 10.7. The molecule has 0 aromatic heterocycles. The Morgan fingerprint density at radius 3 is 2.76 bits per heavy atom. The first-order valence-electron chi connectivity index (χ1n) is 10.9. The Hall–Kier alpha value is -1.92. The number of hydrogen-bond donors (Lipinski definition) is 1. The average molecular weight is 403 g/mol. The van der Waals surface area contributed by atoms with Gasteiger partial charge in [-0.25, -0.2) is 0 Å². The van der Waals surface area contributed by atoms with Crippen molar-refractivity contribution in [2.75, 3.05) is 33.4 Å². The van der Waals surface area contributed by atoms with Gasteiger partial charge < -0.3 is 14.8 Å². The van der Waals surface area contributed by atoms with Gasteiger partial charge in [0.1, 0.15) is 0 Å². The molecule has 6 heteroatoms. The topological polar surface area (TPSA) is 67.9 Å². The van der Waals surface area contributed by atoms with Gasteiger partial charge in [-0.05, 0) is 62.1 Å². The van der Waals surface area contributed by atoms with Crippen molar-refractivity contribution in [3.63, 3.8) is 0 Å². The Morgan fingerprint density at radius 2 is 2.03 bits per heavy atom.